The van der Waals surface area contributed by atoms with Gasteiger partial charge in [0.1, 0.15) is 17.1 Å². The molecular formula is C27H33N3O4. The van der Waals surface area contributed by atoms with Crippen LogP contribution in [-0.4, -0.2) is 45.9 Å². The number of fused-ring (bicyclic) bond motifs is 1. The SMILES string of the molecule is CCCN1C(=O)c2[nH]nc(-c3ccccc3O)c2[C@@H]1c1ccc(OCCC(C)C)c(OCC)c1. The number of nitrogens with zero attached hydrogens (tertiary/aromatic N) is 2. The smallest absolute Gasteiger partial charge is 0.273 e. The molecule has 34 heavy (non-hydrogen) atoms. The number of aromatic hydroxyl groups is 1. The van der Waals surface area contributed by atoms with Crippen LogP contribution in [0.2, 0.25) is 0 Å². The fourth-order valence-corrected chi connectivity index (χ4v) is 4.38. The Morgan fingerprint density at radius 1 is 1.12 bits per heavy atom. The first-order valence-corrected chi connectivity index (χ1v) is 12.0. The predicted molar refractivity (Wildman–Crippen MR) is 131 cm³/mol. The average molecular weight is 464 g/mol. The van der Waals surface area contributed by atoms with Crippen molar-refractivity contribution in [3.05, 3.63) is 59.3 Å². The maximum Gasteiger partial charge on any atom is 0.273 e. The molecule has 7 nitrogen and oxygen atoms in total. The van der Waals surface area contributed by atoms with Gasteiger partial charge in [0.15, 0.2) is 11.5 Å². The normalized spacial score (nSPS) is 15.1. The van der Waals surface area contributed by atoms with Gasteiger partial charge < -0.3 is 19.5 Å². The molecule has 180 valence electrons. The van der Waals surface area contributed by atoms with Crippen LogP contribution in [0.4, 0.5) is 0 Å². The van der Waals surface area contributed by atoms with Crippen molar-refractivity contribution in [2.45, 2.75) is 46.6 Å². The molecule has 0 saturated carbocycles. The number of amides is 1. The molecule has 1 aromatic heterocycles. The fraction of sp³-hybridized carbons (Fsp3) is 0.407. The van der Waals surface area contributed by atoms with Crippen LogP contribution >= 0.6 is 0 Å². The Kier molecular flexibility index (Phi) is 7.10. The topological polar surface area (TPSA) is 87.7 Å². The summed E-state index contributed by atoms with van der Waals surface area (Å²) in [5.41, 5.74) is 3.33. The first-order valence-electron chi connectivity index (χ1n) is 12.0. The highest BCUT2D eigenvalue weighted by atomic mass is 16.5. The second kappa shape index (κ2) is 10.2. The number of carbonyl (C=O) groups is 1. The van der Waals surface area contributed by atoms with Crippen molar-refractivity contribution in [1.29, 1.82) is 0 Å². The van der Waals surface area contributed by atoms with E-state index in [0.29, 0.717) is 54.1 Å². The molecule has 2 aromatic carbocycles. The number of aromatic nitrogens is 2. The van der Waals surface area contributed by atoms with E-state index >= 15 is 0 Å². The molecule has 7 heteroatoms. The van der Waals surface area contributed by atoms with Crippen molar-refractivity contribution in [2.75, 3.05) is 19.8 Å². The highest BCUT2D eigenvalue weighted by molar-refractivity contribution is 6.00. The van der Waals surface area contributed by atoms with E-state index in [9.17, 15) is 9.90 Å². The molecule has 0 saturated heterocycles. The number of carbonyl (C=O) groups excluding carboxylic acids is 1. The Bertz CT molecular complexity index is 1150. The summed E-state index contributed by atoms with van der Waals surface area (Å²) in [6.45, 7) is 10.0. The quantitative estimate of drug-likeness (QED) is 0.411. The zero-order valence-electron chi connectivity index (χ0n) is 20.3. The number of phenols is 1. The van der Waals surface area contributed by atoms with E-state index in [1.54, 1.807) is 12.1 Å². The minimum atomic E-state index is -0.347. The van der Waals surface area contributed by atoms with Crippen molar-refractivity contribution >= 4 is 5.91 Å². The number of para-hydroxylation sites is 1. The van der Waals surface area contributed by atoms with E-state index in [0.717, 1.165) is 24.0 Å². The second-order valence-electron chi connectivity index (χ2n) is 8.95. The molecule has 2 heterocycles. The third-order valence-electron chi connectivity index (χ3n) is 6.02. The van der Waals surface area contributed by atoms with Gasteiger partial charge in [0.2, 0.25) is 0 Å². The fourth-order valence-electron chi connectivity index (χ4n) is 4.38. The van der Waals surface area contributed by atoms with Crippen molar-refractivity contribution in [3.63, 3.8) is 0 Å². The lowest BCUT2D eigenvalue weighted by Gasteiger charge is -2.26. The van der Waals surface area contributed by atoms with Crippen LogP contribution in [0.1, 0.15) is 68.2 Å². The van der Waals surface area contributed by atoms with Crippen LogP contribution in [0.5, 0.6) is 17.2 Å². The molecule has 0 radical (unpaired) electrons. The van der Waals surface area contributed by atoms with Crippen molar-refractivity contribution in [1.82, 2.24) is 15.1 Å². The number of H-pyrrole nitrogens is 1. The van der Waals surface area contributed by atoms with Crippen LogP contribution in [0.25, 0.3) is 11.3 Å². The Morgan fingerprint density at radius 2 is 1.91 bits per heavy atom. The van der Waals surface area contributed by atoms with E-state index in [-0.39, 0.29) is 17.7 Å². The zero-order chi connectivity index (χ0) is 24.2. The summed E-state index contributed by atoms with van der Waals surface area (Å²) >= 11 is 0. The first-order chi connectivity index (χ1) is 16.5. The largest absolute Gasteiger partial charge is 0.507 e. The van der Waals surface area contributed by atoms with E-state index < -0.39 is 0 Å². The summed E-state index contributed by atoms with van der Waals surface area (Å²) in [4.78, 5) is 15.2. The number of aromatic amines is 1. The molecule has 1 aliphatic rings. The zero-order valence-corrected chi connectivity index (χ0v) is 20.3. The van der Waals surface area contributed by atoms with Crippen LogP contribution in [0.15, 0.2) is 42.5 Å². The van der Waals surface area contributed by atoms with E-state index in [1.165, 1.54) is 0 Å². The molecule has 1 atom stereocenters. The highest BCUT2D eigenvalue weighted by Crippen LogP contribution is 2.45. The van der Waals surface area contributed by atoms with Gasteiger partial charge in [-0.05, 0) is 55.5 Å². The van der Waals surface area contributed by atoms with Gasteiger partial charge in [-0.2, -0.15) is 5.10 Å². The van der Waals surface area contributed by atoms with Crippen LogP contribution in [0.3, 0.4) is 0 Å². The maximum atomic E-state index is 13.3. The summed E-state index contributed by atoms with van der Waals surface area (Å²) in [6.07, 6.45) is 1.78. The number of nitrogens with one attached hydrogen (secondary N) is 1. The molecule has 0 aliphatic carbocycles. The Balaban J connectivity index is 1.78. The Hall–Kier alpha value is -3.48. The molecule has 0 bridgehead atoms. The van der Waals surface area contributed by atoms with E-state index in [4.69, 9.17) is 9.47 Å². The predicted octanol–water partition coefficient (Wildman–Crippen LogP) is 5.56. The molecule has 0 unspecified atom stereocenters. The minimum Gasteiger partial charge on any atom is -0.507 e. The molecule has 2 N–H and O–H groups in total. The Labute approximate surface area is 200 Å². The van der Waals surface area contributed by atoms with Gasteiger partial charge in [0, 0.05) is 17.7 Å². The summed E-state index contributed by atoms with van der Waals surface area (Å²) < 4.78 is 11.9. The number of phenolic OH excluding ortho intramolecular Hbond substituents is 1. The molecule has 0 fully saturated rings. The third-order valence-corrected chi connectivity index (χ3v) is 6.02. The third kappa shape index (κ3) is 4.47. The lowest BCUT2D eigenvalue weighted by Crippen LogP contribution is -2.30. The lowest BCUT2D eigenvalue weighted by atomic mass is 9.95. The monoisotopic (exact) mass is 463 g/mol. The number of benzene rings is 2. The lowest BCUT2D eigenvalue weighted by molar-refractivity contribution is 0.0743. The van der Waals surface area contributed by atoms with Gasteiger partial charge in [-0.15, -0.1) is 0 Å². The Morgan fingerprint density at radius 3 is 2.62 bits per heavy atom. The van der Waals surface area contributed by atoms with Gasteiger partial charge in [-0.1, -0.05) is 39.0 Å². The summed E-state index contributed by atoms with van der Waals surface area (Å²) in [6, 6.07) is 12.6. The number of hydrogen-bond acceptors (Lipinski definition) is 5. The maximum absolute atomic E-state index is 13.3. The van der Waals surface area contributed by atoms with Gasteiger partial charge in [-0.25, -0.2) is 0 Å². The van der Waals surface area contributed by atoms with Gasteiger partial charge in [-0.3, -0.25) is 9.89 Å². The van der Waals surface area contributed by atoms with Crippen molar-refractivity contribution < 1.29 is 19.4 Å². The highest BCUT2D eigenvalue weighted by Gasteiger charge is 2.42. The molecule has 4 rings (SSSR count). The molecule has 1 amide bonds. The number of rotatable bonds is 10. The van der Waals surface area contributed by atoms with Crippen molar-refractivity contribution in [3.8, 4) is 28.5 Å². The minimum absolute atomic E-state index is 0.0914. The van der Waals surface area contributed by atoms with E-state index in [2.05, 4.69) is 31.0 Å². The summed E-state index contributed by atoms with van der Waals surface area (Å²) in [5.74, 6) is 1.95. The number of ether oxygens (including phenoxy) is 2. The molecule has 1 aliphatic heterocycles. The molecular weight excluding hydrogens is 430 g/mol. The van der Waals surface area contributed by atoms with Crippen LogP contribution < -0.4 is 9.47 Å². The summed E-state index contributed by atoms with van der Waals surface area (Å²) in [7, 11) is 0. The van der Waals surface area contributed by atoms with Gasteiger partial charge in [0.25, 0.3) is 5.91 Å². The second-order valence-corrected chi connectivity index (χ2v) is 8.95. The first kappa shape index (κ1) is 23.7. The number of hydrogen-bond donors (Lipinski definition) is 2. The molecule has 3 aromatic rings. The van der Waals surface area contributed by atoms with Crippen LogP contribution in [0, 0.1) is 5.92 Å². The molecule has 0 spiro atoms. The van der Waals surface area contributed by atoms with Crippen LogP contribution in [-0.2, 0) is 0 Å². The standard InChI is InChI=1S/C27H33N3O4/c1-5-14-30-26(18-11-12-21(22(16-18)33-6-2)34-15-13-17(3)4)23-24(28-29-25(23)27(30)32)19-9-7-8-10-20(19)31/h7-12,16-17,26,31H,5-6,13-15H2,1-4H3,(H,28,29)/t26-/m0/s1. The summed E-state index contributed by atoms with van der Waals surface area (Å²) in [5, 5.41) is 17.9. The van der Waals surface area contributed by atoms with Crippen molar-refractivity contribution in [2.24, 2.45) is 5.92 Å². The van der Waals surface area contributed by atoms with E-state index in [1.807, 2.05) is 42.2 Å². The average Bonchev–Trinajstić information content (AvgIpc) is 3.35. The van der Waals surface area contributed by atoms with Gasteiger partial charge in [0.05, 0.1) is 19.3 Å². The van der Waals surface area contributed by atoms with Gasteiger partial charge >= 0.3 is 0 Å².